The second kappa shape index (κ2) is 11.7. The van der Waals surface area contributed by atoms with E-state index in [4.69, 9.17) is 0 Å². The Labute approximate surface area is 133 Å². The van der Waals surface area contributed by atoms with Crippen molar-refractivity contribution in [1.29, 1.82) is 0 Å². The summed E-state index contributed by atoms with van der Waals surface area (Å²) in [6.45, 7) is 2.08. The molecule has 0 bridgehead atoms. The number of thiol groups is 1. The minimum Gasteiger partial charge on any atom is -1.00 e. The van der Waals surface area contributed by atoms with Crippen LogP contribution in [-0.4, -0.2) is 17.1 Å². The van der Waals surface area contributed by atoms with Crippen LogP contribution < -0.4 is 17.0 Å². The van der Waals surface area contributed by atoms with Crippen molar-refractivity contribution in [3.05, 3.63) is 29.3 Å². The molecule has 0 aliphatic carbocycles. The number of halogens is 1. The predicted molar refractivity (Wildman–Crippen MR) is 83.8 cm³/mol. The molecule has 1 N–H and O–H groups in total. The maximum Gasteiger partial charge on any atom is 0.115 e. The molecule has 1 nitrogen and oxygen atoms in total. The number of unbranched alkanes of at least 4 members (excludes halogenated alkanes) is 5. The van der Waals surface area contributed by atoms with Gasteiger partial charge in [0, 0.05) is 0 Å². The van der Waals surface area contributed by atoms with Crippen LogP contribution in [0.4, 0.5) is 0 Å². The molecule has 19 heavy (non-hydrogen) atoms. The standard InChI is InChI=1S/C16H26OS.BrH/c1-14-13-16(17)11-10-15(14)9-7-5-3-4-6-8-12-18-2;/h10-11,13,17H,3-9,12H2,1-2H3;1H. The van der Waals surface area contributed by atoms with Gasteiger partial charge in [-0.2, -0.15) is 0 Å². The molecule has 0 radical (unpaired) electrons. The van der Waals surface area contributed by atoms with Gasteiger partial charge in [-0.3, -0.25) is 0 Å². The number of rotatable bonds is 9. The molecule has 0 aromatic heterocycles. The van der Waals surface area contributed by atoms with E-state index in [-0.39, 0.29) is 17.0 Å². The summed E-state index contributed by atoms with van der Waals surface area (Å²) < 4.78 is 0. The van der Waals surface area contributed by atoms with E-state index < -0.39 is 0 Å². The number of hydrogen-bond acceptors (Lipinski definition) is 1. The second-order valence-electron chi connectivity index (χ2n) is 5.02. The van der Waals surface area contributed by atoms with Crippen molar-refractivity contribution >= 4 is 11.8 Å². The van der Waals surface area contributed by atoms with E-state index in [0.29, 0.717) is 5.75 Å². The van der Waals surface area contributed by atoms with Gasteiger partial charge in [0.25, 0.3) is 0 Å². The molecule has 3 heteroatoms. The Bertz CT molecular complexity index is 342. The third-order valence-corrected chi connectivity index (χ3v) is 4.17. The molecule has 110 valence electrons. The highest BCUT2D eigenvalue weighted by molar-refractivity contribution is 7.77. The summed E-state index contributed by atoms with van der Waals surface area (Å²) in [4.78, 5) is 0. The first-order valence-corrected chi connectivity index (χ1v) is 8.61. The van der Waals surface area contributed by atoms with Crippen molar-refractivity contribution < 1.29 is 22.1 Å². The van der Waals surface area contributed by atoms with E-state index in [1.165, 1.54) is 67.2 Å². The molecule has 1 rings (SSSR count). The molecule has 0 aliphatic heterocycles. The average Bonchev–Trinajstić information content (AvgIpc) is 2.35. The summed E-state index contributed by atoms with van der Waals surface area (Å²) in [5.41, 5.74) is 2.61. The van der Waals surface area contributed by atoms with E-state index in [2.05, 4.69) is 19.2 Å². The van der Waals surface area contributed by atoms with Crippen LogP contribution in [0.5, 0.6) is 5.75 Å². The van der Waals surface area contributed by atoms with Crippen molar-refractivity contribution in [3.8, 4) is 5.75 Å². The zero-order valence-electron chi connectivity index (χ0n) is 12.2. The van der Waals surface area contributed by atoms with Gasteiger partial charge in [0.2, 0.25) is 0 Å². The van der Waals surface area contributed by atoms with Gasteiger partial charge in [-0.05, 0) is 67.6 Å². The molecule has 0 aliphatic rings. The Balaban J connectivity index is 0.00000324. The highest BCUT2D eigenvalue weighted by Gasteiger charge is 2.00. The molecule has 0 spiro atoms. The number of benzene rings is 1. The molecule has 0 heterocycles. The third-order valence-electron chi connectivity index (χ3n) is 3.40. The third kappa shape index (κ3) is 8.59. The van der Waals surface area contributed by atoms with Crippen LogP contribution in [0.1, 0.15) is 49.7 Å². The summed E-state index contributed by atoms with van der Waals surface area (Å²) in [5, 5.41) is 9.35. The molecule has 0 saturated heterocycles. The first-order chi connectivity index (χ1) is 8.74. The van der Waals surface area contributed by atoms with Crippen LogP contribution in [0.15, 0.2) is 18.2 Å². The fourth-order valence-electron chi connectivity index (χ4n) is 2.25. The summed E-state index contributed by atoms with van der Waals surface area (Å²) in [6, 6.07) is 5.72. The van der Waals surface area contributed by atoms with E-state index in [1.54, 1.807) is 6.07 Å². The van der Waals surface area contributed by atoms with Crippen LogP contribution in [0.25, 0.3) is 0 Å². The van der Waals surface area contributed by atoms with E-state index in [1.807, 2.05) is 6.07 Å². The normalized spacial score (nSPS) is 10.2. The maximum atomic E-state index is 9.35. The van der Waals surface area contributed by atoms with Gasteiger partial charge in [0.1, 0.15) is 11.5 Å². The van der Waals surface area contributed by atoms with E-state index >= 15 is 0 Å². The number of aromatic hydroxyl groups is 1. The zero-order chi connectivity index (χ0) is 13.2. The number of hydrogen-bond donors (Lipinski definition) is 1. The van der Waals surface area contributed by atoms with Gasteiger partial charge in [-0.15, -0.1) is 0 Å². The Kier molecular flexibility index (Phi) is 11.6. The van der Waals surface area contributed by atoms with Crippen molar-refractivity contribution in [1.82, 2.24) is 0 Å². The topological polar surface area (TPSA) is 20.2 Å². The van der Waals surface area contributed by atoms with Gasteiger partial charge in [0.05, 0.1) is 6.26 Å². The number of phenols is 1. The summed E-state index contributed by atoms with van der Waals surface area (Å²) in [7, 11) is 0. The van der Waals surface area contributed by atoms with Gasteiger partial charge < -0.3 is 22.1 Å². The molecular weight excluding hydrogens is 320 g/mol. The highest BCUT2D eigenvalue weighted by Crippen LogP contribution is 2.18. The predicted octanol–water partition coefficient (Wildman–Crippen LogP) is 1.03. The molecule has 1 aromatic carbocycles. The molecule has 0 saturated carbocycles. The lowest BCUT2D eigenvalue weighted by Gasteiger charge is -2.06. The van der Waals surface area contributed by atoms with Crippen molar-refractivity contribution in [2.45, 2.75) is 51.9 Å². The van der Waals surface area contributed by atoms with Gasteiger partial charge >= 0.3 is 0 Å². The lowest BCUT2D eigenvalue weighted by molar-refractivity contribution is -0.00000494. The molecule has 0 unspecified atom stereocenters. The fourth-order valence-corrected chi connectivity index (χ4v) is 2.79. The summed E-state index contributed by atoms with van der Waals surface area (Å²) in [6.07, 6.45) is 11.6. The lowest BCUT2D eigenvalue weighted by Crippen LogP contribution is -3.00. The number of phenolic OH excluding ortho intramolecular Hbond substituents is 1. The molecular formula is C16H27BrOS. The minimum atomic E-state index is 0. The average molecular weight is 347 g/mol. The quantitative estimate of drug-likeness (QED) is 0.402. The SMILES string of the molecule is C[SH+]CCCCCCCCc1ccc(O)cc1C.[Br-]. The van der Waals surface area contributed by atoms with E-state index in [0.717, 1.165) is 6.42 Å². The second-order valence-corrected chi connectivity index (χ2v) is 6.10. The highest BCUT2D eigenvalue weighted by atomic mass is 79.9. The molecule has 0 amide bonds. The van der Waals surface area contributed by atoms with Crippen molar-refractivity contribution in [2.24, 2.45) is 0 Å². The van der Waals surface area contributed by atoms with Gasteiger partial charge in [-0.1, -0.05) is 25.3 Å². The summed E-state index contributed by atoms with van der Waals surface area (Å²) >= 11 is 1.54. The van der Waals surface area contributed by atoms with Crippen molar-refractivity contribution in [3.63, 3.8) is 0 Å². The van der Waals surface area contributed by atoms with E-state index in [9.17, 15) is 5.11 Å². The van der Waals surface area contributed by atoms with Crippen LogP contribution in [0.3, 0.4) is 0 Å². The van der Waals surface area contributed by atoms with Crippen LogP contribution in [-0.2, 0) is 18.2 Å². The maximum absolute atomic E-state index is 9.35. The van der Waals surface area contributed by atoms with Gasteiger partial charge in [0.15, 0.2) is 0 Å². The Morgan fingerprint density at radius 3 is 2.26 bits per heavy atom. The fraction of sp³-hybridized carbons (Fsp3) is 0.625. The van der Waals surface area contributed by atoms with Gasteiger partial charge in [-0.25, -0.2) is 0 Å². The summed E-state index contributed by atoms with van der Waals surface area (Å²) in [5.74, 6) is 1.75. The van der Waals surface area contributed by atoms with Crippen molar-refractivity contribution in [2.75, 3.05) is 12.0 Å². The Morgan fingerprint density at radius 1 is 1.00 bits per heavy atom. The van der Waals surface area contributed by atoms with Crippen LogP contribution in [0, 0.1) is 6.92 Å². The first-order valence-electron chi connectivity index (χ1n) is 7.08. The lowest BCUT2D eigenvalue weighted by atomic mass is 10.0. The minimum absolute atomic E-state index is 0. The smallest absolute Gasteiger partial charge is 0.115 e. The van der Waals surface area contributed by atoms with Crippen LogP contribution in [0.2, 0.25) is 0 Å². The molecule has 0 fully saturated rings. The zero-order valence-corrected chi connectivity index (χ0v) is 14.6. The molecule has 1 aromatic rings. The Hall–Kier alpha value is -0.150. The number of aryl methyl sites for hydroxylation is 2. The first kappa shape index (κ1) is 18.9. The largest absolute Gasteiger partial charge is 1.00 e. The monoisotopic (exact) mass is 346 g/mol. The molecule has 0 atom stereocenters. The van der Waals surface area contributed by atoms with Crippen LogP contribution >= 0.6 is 0 Å². The Morgan fingerprint density at radius 2 is 1.63 bits per heavy atom.